The Balaban J connectivity index is 2.02. The van der Waals surface area contributed by atoms with Crippen molar-refractivity contribution in [3.05, 3.63) is 11.6 Å². The van der Waals surface area contributed by atoms with Crippen molar-refractivity contribution in [2.45, 2.75) is 51.0 Å². The van der Waals surface area contributed by atoms with Gasteiger partial charge in [-0.3, -0.25) is 9.18 Å². The van der Waals surface area contributed by atoms with Gasteiger partial charge in [0.15, 0.2) is 5.82 Å². The molecule has 2 rings (SSSR count). The van der Waals surface area contributed by atoms with E-state index in [2.05, 4.69) is 10.1 Å². The molecule has 0 radical (unpaired) electrons. The number of aryl methyl sites for hydroxylation is 1. The fraction of sp³-hybridized carbons (Fsp3) is 0.769. The molecule has 1 aliphatic carbocycles. The van der Waals surface area contributed by atoms with Gasteiger partial charge in [-0.05, 0) is 25.2 Å². The number of carbonyl (C=O) groups is 1. The van der Waals surface area contributed by atoms with Crippen LogP contribution in [0, 0.1) is 5.92 Å². The molecule has 1 fully saturated rings. The normalized spacial score (nSPS) is 18.8. The van der Waals surface area contributed by atoms with E-state index >= 15 is 0 Å². The molecule has 1 aliphatic rings. The van der Waals surface area contributed by atoms with Gasteiger partial charge in [0.2, 0.25) is 11.7 Å². The number of aromatic nitrogens is 3. The maximum Gasteiger partial charge on any atom is 0.286 e. The molecule has 0 atom stereocenters. The van der Waals surface area contributed by atoms with Crippen molar-refractivity contribution in [2.75, 3.05) is 6.67 Å². The number of nitrogens with two attached hydrogens (primary N) is 1. The Morgan fingerprint density at radius 2 is 2.05 bits per heavy atom. The van der Waals surface area contributed by atoms with Gasteiger partial charge in [-0.1, -0.05) is 0 Å². The topological polar surface area (TPSA) is 73.8 Å². The number of hydrogen-bond donors (Lipinski definition) is 1. The molecule has 0 bridgehead atoms. The Labute approximate surface area is 120 Å². The quantitative estimate of drug-likeness (QED) is 0.874. The van der Waals surface area contributed by atoms with Gasteiger partial charge in [-0.2, -0.15) is 5.10 Å². The van der Waals surface area contributed by atoms with Crippen LogP contribution < -0.4 is 5.73 Å². The van der Waals surface area contributed by atoms with Crippen LogP contribution in [0.4, 0.5) is 13.2 Å². The molecule has 21 heavy (non-hydrogen) atoms. The zero-order chi connectivity index (χ0) is 15.5. The van der Waals surface area contributed by atoms with Gasteiger partial charge in [0.1, 0.15) is 0 Å². The lowest BCUT2D eigenvalue weighted by molar-refractivity contribution is -0.0458. The number of halogens is 3. The smallest absolute Gasteiger partial charge is 0.286 e. The van der Waals surface area contributed by atoms with Crippen molar-refractivity contribution < 1.29 is 18.0 Å². The van der Waals surface area contributed by atoms with E-state index in [1.54, 1.807) is 0 Å². The van der Waals surface area contributed by atoms with Crippen LogP contribution >= 0.6 is 0 Å². The average molecular weight is 304 g/mol. The highest BCUT2D eigenvalue weighted by atomic mass is 19.3. The van der Waals surface area contributed by atoms with Crippen LogP contribution in [0.15, 0.2) is 0 Å². The van der Waals surface area contributed by atoms with E-state index in [1.165, 1.54) is 4.68 Å². The molecule has 0 unspecified atom stereocenters. The summed E-state index contributed by atoms with van der Waals surface area (Å²) in [5, 5.41) is 4.15. The van der Waals surface area contributed by atoms with Crippen molar-refractivity contribution in [1.29, 1.82) is 0 Å². The third kappa shape index (κ3) is 4.18. The van der Waals surface area contributed by atoms with Crippen LogP contribution in [0.1, 0.15) is 48.5 Å². The molecule has 1 aromatic rings. The zero-order valence-corrected chi connectivity index (χ0v) is 11.7. The lowest BCUT2D eigenvalue weighted by atomic mass is 9.85. The van der Waals surface area contributed by atoms with Crippen molar-refractivity contribution in [1.82, 2.24) is 14.8 Å². The van der Waals surface area contributed by atoms with Crippen LogP contribution in [0.3, 0.4) is 0 Å². The first-order valence-corrected chi connectivity index (χ1v) is 7.08. The van der Waals surface area contributed by atoms with Gasteiger partial charge >= 0.3 is 0 Å². The van der Waals surface area contributed by atoms with Crippen molar-refractivity contribution in [3.63, 3.8) is 0 Å². The summed E-state index contributed by atoms with van der Waals surface area (Å²) in [5.74, 6) is -2.79. The third-order valence-electron chi connectivity index (χ3n) is 3.75. The zero-order valence-electron chi connectivity index (χ0n) is 11.7. The Morgan fingerprint density at radius 1 is 1.38 bits per heavy atom. The van der Waals surface area contributed by atoms with E-state index in [0.29, 0.717) is 25.1 Å². The molecule has 1 aromatic heterocycles. The molecule has 0 aliphatic heterocycles. The summed E-state index contributed by atoms with van der Waals surface area (Å²) in [7, 11) is 0. The average Bonchev–Trinajstić information content (AvgIpc) is 2.82. The third-order valence-corrected chi connectivity index (χ3v) is 3.75. The van der Waals surface area contributed by atoms with E-state index in [-0.39, 0.29) is 37.5 Å². The van der Waals surface area contributed by atoms with Gasteiger partial charge in [-0.15, -0.1) is 0 Å². The molecule has 0 saturated heterocycles. The Morgan fingerprint density at radius 3 is 2.62 bits per heavy atom. The standard InChI is InChI=1S/C13H19F3N4O/c14-6-1-7-20-12(11(17)21)18-10(19-20)8-9-2-4-13(15,16)5-3-9/h9H,1-8H2,(H2,17,21). The highest BCUT2D eigenvalue weighted by molar-refractivity contribution is 5.89. The van der Waals surface area contributed by atoms with E-state index in [4.69, 9.17) is 5.73 Å². The number of carbonyl (C=O) groups excluding carboxylic acids is 1. The summed E-state index contributed by atoms with van der Waals surface area (Å²) in [6.45, 7) is -0.296. The van der Waals surface area contributed by atoms with Gasteiger partial charge < -0.3 is 5.73 Å². The molecular weight excluding hydrogens is 285 g/mol. The molecule has 1 heterocycles. The Bertz CT molecular complexity index is 494. The largest absolute Gasteiger partial charge is 0.363 e. The Kier molecular flexibility index (Phi) is 4.84. The highest BCUT2D eigenvalue weighted by Crippen LogP contribution is 2.37. The molecule has 5 nitrogen and oxygen atoms in total. The maximum absolute atomic E-state index is 13.1. The lowest BCUT2D eigenvalue weighted by Crippen LogP contribution is -2.25. The number of alkyl halides is 3. The lowest BCUT2D eigenvalue weighted by Gasteiger charge is -2.27. The second kappa shape index (κ2) is 6.44. The molecule has 1 saturated carbocycles. The number of amides is 1. The van der Waals surface area contributed by atoms with Gasteiger partial charge in [0, 0.05) is 25.8 Å². The molecule has 0 aromatic carbocycles. The minimum absolute atomic E-state index is 0.000380. The highest BCUT2D eigenvalue weighted by Gasteiger charge is 2.35. The molecule has 0 spiro atoms. The van der Waals surface area contributed by atoms with Crippen LogP contribution in [-0.4, -0.2) is 33.3 Å². The first-order valence-electron chi connectivity index (χ1n) is 7.08. The van der Waals surface area contributed by atoms with Crippen LogP contribution in [0.2, 0.25) is 0 Å². The van der Waals surface area contributed by atoms with E-state index in [1.807, 2.05) is 0 Å². The summed E-state index contributed by atoms with van der Waals surface area (Å²) in [4.78, 5) is 15.3. The van der Waals surface area contributed by atoms with E-state index < -0.39 is 18.5 Å². The van der Waals surface area contributed by atoms with Crippen LogP contribution in [-0.2, 0) is 13.0 Å². The summed E-state index contributed by atoms with van der Waals surface area (Å²) in [6.07, 6.45) is 1.25. The predicted octanol–water partition coefficient (Wildman–Crippen LogP) is 2.10. The number of rotatable bonds is 6. The first kappa shape index (κ1) is 15.8. The van der Waals surface area contributed by atoms with E-state index in [0.717, 1.165) is 0 Å². The molecule has 118 valence electrons. The van der Waals surface area contributed by atoms with E-state index in [9.17, 15) is 18.0 Å². The minimum atomic E-state index is -2.57. The summed E-state index contributed by atoms with van der Waals surface area (Å²) in [5.41, 5.74) is 5.21. The monoisotopic (exact) mass is 304 g/mol. The van der Waals surface area contributed by atoms with Crippen molar-refractivity contribution in [2.24, 2.45) is 11.7 Å². The summed E-state index contributed by atoms with van der Waals surface area (Å²) in [6, 6.07) is 0. The fourth-order valence-electron chi connectivity index (χ4n) is 2.59. The predicted molar refractivity (Wildman–Crippen MR) is 69.7 cm³/mol. The van der Waals surface area contributed by atoms with Crippen LogP contribution in [0.5, 0.6) is 0 Å². The SMILES string of the molecule is NC(=O)c1nc(CC2CCC(F)(F)CC2)nn1CCCF. The fourth-order valence-corrected chi connectivity index (χ4v) is 2.59. The van der Waals surface area contributed by atoms with Crippen molar-refractivity contribution >= 4 is 5.91 Å². The minimum Gasteiger partial charge on any atom is -0.363 e. The number of primary amides is 1. The van der Waals surface area contributed by atoms with Crippen molar-refractivity contribution in [3.8, 4) is 0 Å². The van der Waals surface area contributed by atoms with Crippen LogP contribution in [0.25, 0.3) is 0 Å². The molecule has 2 N–H and O–H groups in total. The van der Waals surface area contributed by atoms with Gasteiger partial charge in [0.05, 0.1) is 6.67 Å². The number of nitrogens with zero attached hydrogens (tertiary/aromatic N) is 3. The maximum atomic E-state index is 13.1. The summed E-state index contributed by atoms with van der Waals surface area (Å²) >= 11 is 0. The molecule has 1 amide bonds. The molecule has 8 heteroatoms. The van der Waals surface area contributed by atoms with Gasteiger partial charge in [-0.25, -0.2) is 18.4 Å². The summed E-state index contributed by atoms with van der Waals surface area (Å²) < 4.78 is 39.7. The molecular formula is C13H19F3N4O. The second-order valence-electron chi connectivity index (χ2n) is 5.49. The first-order chi connectivity index (χ1) is 9.91. The number of hydrogen-bond acceptors (Lipinski definition) is 3. The Hall–Kier alpha value is -1.60. The second-order valence-corrected chi connectivity index (χ2v) is 5.49. The van der Waals surface area contributed by atoms with Gasteiger partial charge in [0.25, 0.3) is 5.91 Å².